The van der Waals surface area contributed by atoms with Crippen LogP contribution in [0.15, 0.2) is 36.4 Å². The Kier molecular flexibility index (Phi) is 9.48. The first-order valence-electron chi connectivity index (χ1n) is 13.6. The highest BCUT2D eigenvalue weighted by atomic mass is 35.5. The summed E-state index contributed by atoms with van der Waals surface area (Å²) in [5.41, 5.74) is 1.19. The summed E-state index contributed by atoms with van der Waals surface area (Å²) < 4.78 is 22.8. The molecular formula is C30H39ClN2O7. The molecule has 40 heavy (non-hydrogen) atoms. The van der Waals surface area contributed by atoms with E-state index in [-0.39, 0.29) is 38.2 Å². The Morgan fingerprint density at radius 2 is 1.80 bits per heavy atom. The zero-order chi connectivity index (χ0) is 29.0. The number of urea groups is 1. The number of nitrogens with one attached hydrogen (secondary N) is 1. The number of halogens is 1. The molecule has 4 rings (SSSR count). The lowest BCUT2D eigenvalue weighted by Gasteiger charge is -2.45. The van der Waals surface area contributed by atoms with Crippen LogP contribution in [0.2, 0.25) is 5.02 Å². The van der Waals surface area contributed by atoms with Crippen molar-refractivity contribution in [1.82, 2.24) is 10.2 Å². The van der Waals surface area contributed by atoms with Crippen LogP contribution in [0.5, 0.6) is 11.5 Å². The Bertz CT molecular complexity index is 1200. The Morgan fingerprint density at radius 1 is 1.12 bits per heavy atom. The summed E-state index contributed by atoms with van der Waals surface area (Å²) in [5, 5.41) is 13.1. The summed E-state index contributed by atoms with van der Waals surface area (Å²) in [6.07, 6.45) is 2.02. The first kappa shape index (κ1) is 30.0. The number of amides is 2. The van der Waals surface area contributed by atoms with Gasteiger partial charge in [-0.25, -0.2) is 9.59 Å². The third-order valence-electron chi connectivity index (χ3n) is 8.05. The zero-order valence-electron chi connectivity index (χ0n) is 23.7. The number of methoxy groups -OCH3 is 3. The van der Waals surface area contributed by atoms with Crippen molar-refractivity contribution < 1.29 is 33.6 Å². The molecule has 2 N–H and O–H groups in total. The van der Waals surface area contributed by atoms with Gasteiger partial charge in [-0.05, 0) is 44.2 Å². The molecule has 0 heterocycles. The second-order valence-electron chi connectivity index (χ2n) is 10.6. The van der Waals surface area contributed by atoms with Crippen molar-refractivity contribution in [3.05, 3.63) is 58.1 Å². The quantitative estimate of drug-likeness (QED) is 0.315. The smallest absolute Gasteiger partial charge is 0.329 e. The number of carboxylic acids is 1. The first-order chi connectivity index (χ1) is 19.2. The van der Waals surface area contributed by atoms with Crippen molar-refractivity contribution in [2.75, 3.05) is 34.5 Å². The van der Waals surface area contributed by atoms with Crippen LogP contribution >= 0.6 is 11.6 Å². The van der Waals surface area contributed by atoms with Gasteiger partial charge in [0.1, 0.15) is 17.0 Å². The van der Waals surface area contributed by atoms with Gasteiger partial charge < -0.3 is 34.3 Å². The van der Waals surface area contributed by atoms with Crippen molar-refractivity contribution in [1.29, 1.82) is 0 Å². The topological polar surface area (TPSA) is 107 Å². The fourth-order valence-electron chi connectivity index (χ4n) is 5.35. The second kappa shape index (κ2) is 12.7. The molecule has 218 valence electrons. The molecule has 0 aromatic heterocycles. The molecule has 2 unspecified atom stereocenters. The number of nitrogens with zero attached hydrogens (tertiary/aromatic N) is 1. The van der Waals surface area contributed by atoms with E-state index in [4.69, 9.17) is 30.5 Å². The molecule has 0 spiro atoms. The van der Waals surface area contributed by atoms with Crippen LogP contribution in [0.25, 0.3) is 0 Å². The predicted octanol–water partition coefficient (Wildman–Crippen LogP) is 5.72. The molecule has 2 fully saturated rings. The van der Waals surface area contributed by atoms with Gasteiger partial charge in [-0.2, -0.15) is 0 Å². The summed E-state index contributed by atoms with van der Waals surface area (Å²) in [7, 11) is 4.71. The van der Waals surface area contributed by atoms with Crippen LogP contribution in [0.4, 0.5) is 4.79 Å². The van der Waals surface area contributed by atoms with Crippen molar-refractivity contribution in [3.63, 3.8) is 0 Å². The second-order valence-corrected chi connectivity index (χ2v) is 11.0. The molecular weight excluding hydrogens is 536 g/mol. The highest BCUT2D eigenvalue weighted by Gasteiger charge is 2.52. The zero-order valence-corrected chi connectivity index (χ0v) is 24.5. The number of rotatable bonds is 13. The summed E-state index contributed by atoms with van der Waals surface area (Å²) >= 11 is 6.90. The van der Waals surface area contributed by atoms with Gasteiger partial charge in [0.15, 0.2) is 0 Å². The molecule has 0 bridgehead atoms. The summed E-state index contributed by atoms with van der Waals surface area (Å²) in [5.74, 6) is 0.431. The average Bonchev–Trinajstić information content (AvgIpc) is 3.77. The molecule has 0 aliphatic heterocycles. The number of carbonyl (C=O) groups excluding carboxylic acids is 1. The SMILES string of the molecule is COc1cc(C(C)N(CCOC(C)c2ccccc2)C(=O)NC2(C(=O)O)CC(OC)C2)c(Cl)c(OC)c1C1CC1. The Balaban J connectivity index is 1.61. The lowest BCUT2D eigenvalue weighted by molar-refractivity contribution is -0.155. The maximum atomic E-state index is 13.8. The normalized spacial score (nSPS) is 21.6. The van der Waals surface area contributed by atoms with Crippen LogP contribution in [-0.2, 0) is 14.3 Å². The van der Waals surface area contributed by atoms with Crippen molar-refractivity contribution in [2.45, 2.75) is 69.2 Å². The van der Waals surface area contributed by atoms with E-state index in [2.05, 4.69) is 5.32 Å². The van der Waals surface area contributed by atoms with Gasteiger partial charge in [0.2, 0.25) is 0 Å². The fraction of sp³-hybridized carbons (Fsp3) is 0.533. The Hall–Kier alpha value is -3.01. The standard InChI is InChI=1S/C30H39ClN2O7/c1-18(23-15-24(38-4)25(21-11-12-21)27(39-5)26(23)31)33(13-14-40-19(2)20-9-7-6-8-10-20)29(36)32-30(28(34)35)16-22(17-30)37-3/h6-10,15,18-19,21-22H,11-14,16-17H2,1-5H3,(H,32,36)(H,34,35). The monoisotopic (exact) mass is 574 g/mol. The molecule has 10 heteroatoms. The molecule has 2 saturated carbocycles. The average molecular weight is 575 g/mol. The van der Waals surface area contributed by atoms with Crippen LogP contribution in [0.1, 0.15) is 74.3 Å². The number of benzene rings is 2. The lowest BCUT2D eigenvalue weighted by atomic mass is 9.74. The maximum Gasteiger partial charge on any atom is 0.329 e. The summed E-state index contributed by atoms with van der Waals surface area (Å²) in [6, 6.07) is 10.6. The van der Waals surface area contributed by atoms with E-state index in [0.29, 0.717) is 28.0 Å². The predicted molar refractivity (Wildman–Crippen MR) is 151 cm³/mol. The summed E-state index contributed by atoms with van der Waals surface area (Å²) in [4.78, 5) is 27.5. The van der Waals surface area contributed by atoms with E-state index >= 15 is 0 Å². The van der Waals surface area contributed by atoms with Crippen molar-refractivity contribution in [2.24, 2.45) is 0 Å². The third-order valence-corrected chi connectivity index (χ3v) is 8.44. The number of carboxylic acid groups (broad SMARTS) is 1. The van der Waals surface area contributed by atoms with Gasteiger partial charge in [0, 0.05) is 37.6 Å². The number of aliphatic carboxylic acids is 1. The lowest BCUT2D eigenvalue weighted by Crippen LogP contribution is -2.66. The van der Waals surface area contributed by atoms with Crippen LogP contribution in [0.3, 0.4) is 0 Å². The molecule has 2 aliphatic rings. The minimum atomic E-state index is -1.40. The maximum absolute atomic E-state index is 13.8. The number of ether oxygens (including phenoxy) is 4. The number of hydrogen-bond acceptors (Lipinski definition) is 6. The largest absolute Gasteiger partial charge is 0.496 e. The third kappa shape index (κ3) is 6.16. The molecule has 9 nitrogen and oxygen atoms in total. The van der Waals surface area contributed by atoms with Crippen molar-refractivity contribution in [3.8, 4) is 11.5 Å². The minimum absolute atomic E-state index is 0.187. The van der Waals surface area contributed by atoms with Crippen molar-refractivity contribution >= 4 is 23.6 Å². The Morgan fingerprint density at radius 3 is 2.35 bits per heavy atom. The first-order valence-corrected chi connectivity index (χ1v) is 14.0. The molecule has 2 atom stereocenters. The van der Waals surface area contributed by atoms with Gasteiger partial charge in [0.25, 0.3) is 0 Å². The van der Waals surface area contributed by atoms with Gasteiger partial charge in [-0.15, -0.1) is 0 Å². The molecule has 2 amide bonds. The highest BCUT2D eigenvalue weighted by molar-refractivity contribution is 6.33. The molecule has 2 aliphatic carbocycles. The summed E-state index contributed by atoms with van der Waals surface area (Å²) in [6.45, 7) is 4.22. The Labute approximate surface area is 240 Å². The van der Waals surface area contributed by atoms with E-state index in [1.165, 1.54) is 7.11 Å². The number of carbonyl (C=O) groups is 2. The van der Waals surface area contributed by atoms with E-state index in [0.717, 1.165) is 24.0 Å². The molecule has 0 radical (unpaired) electrons. The number of hydrogen-bond donors (Lipinski definition) is 2. The van der Waals surface area contributed by atoms with E-state index in [1.54, 1.807) is 19.1 Å². The van der Waals surface area contributed by atoms with E-state index < -0.39 is 23.6 Å². The van der Waals surface area contributed by atoms with Gasteiger partial charge in [-0.1, -0.05) is 41.9 Å². The fourth-order valence-corrected chi connectivity index (χ4v) is 5.74. The van der Waals surface area contributed by atoms with E-state index in [1.807, 2.05) is 50.2 Å². The molecule has 2 aromatic rings. The van der Waals surface area contributed by atoms with E-state index in [9.17, 15) is 14.7 Å². The van der Waals surface area contributed by atoms with Crippen LogP contribution in [0, 0.1) is 0 Å². The van der Waals surface area contributed by atoms with Gasteiger partial charge >= 0.3 is 12.0 Å². The highest BCUT2D eigenvalue weighted by Crippen LogP contribution is 2.53. The van der Waals surface area contributed by atoms with Crippen LogP contribution < -0.4 is 14.8 Å². The van der Waals surface area contributed by atoms with Gasteiger partial charge in [-0.3, -0.25) is 0 Å². The minimum Gasteiger partial charge on any atom is -0.496 e. The van der Waals surface area contributed by atoms with Gasteiger partial charge in [0.05, 0.1) is 44.1 Å². The van der Waals surface area contributed by atoms with Crippen LogP contribution in [-0.4, -0.2) is 68.1 Å². The molecule has 2 aromatic carbocycles. The molecule has 0 saturated heterocycles.